The first-order valence-corrected chi connectivity index (χ1v) is 8.45. The lowest BCUT2D eigenvalue weighted by molar-refractivity contribution is -0.127. The van der Waals surface area contributed by atoms with Crippen molar-refractivity contribution >= 4 is 17.5 Å². The molecule has 8 nitrogen and oxygen atoms in total. The van der Waals surface area contributed by atoms with Gasteiger partial charge in [-0.15, -0.1) is 0 Å². The largest absolute Gasteiger partial charge is 0.336 e. The number of carbonyl (C=O) groups is 2. The van der Waals surface area contributed by atoms with E-state index in [4.69, 9.17) is 0 Å². The van der Waals surface area contributed by atoms with E-state index in [9.17, 15) is 9.59 Å². The molecule has 0 aliphatic carbocycles. The van der Waals surface area contributed by atoms with Crippen LogP contribution in [0.25, 0.3) is 0 Å². The Morgan fingerprint density at radius 1 is 1.20 bits per heavy atom. The molecule has 2 aliphatic rings. The van der Waals surface area contributed by atoms with Crippen LogP contribution in [-0.2, 0) is 11.8 Å². The zero-order chi connectivity index (χ0) is 17.4. The van der Waals surface area contributed by atoms with Gasteiger partial charge >= 0.3 is 0 Å². The van der Waals surface area contributed by atoms with E-state index in [1.165, 1.54) is 6.33 Å². The molecule has 2 aromatic rings. The number of nitrogens with zero attached hydrogens (tertiary/aromatic N) is 6. The summed E-state index contributed by atoms with van der Waals surface area (Å²) in [5.41, 5.74) is 0.776. The molecule has 2 aliphatic heterocycles. The minimum Gasteiger partial charge on any atom is -0.336 e. The number of amides is 2. The summed E-state index contributed by atoms with van der Waals surface area (Å²) in [6, 6.07) is 1.72. The van der Waals surface area contributed by atoms with Gasteiger partial charge in [0.2, 0.25) is 5.91 Å². The van der Waals surface area contributed by atoms with Crippen LogP contribution in [0.4, 0.5) is 5.69 Å². The van der Waals surface area contributed by atoms with Crippen LogP contribution in [0.1, 0.15) is 29.8 Å². The van der Waals surface area contributed by atoms with Crippen molar-refractivity contribution in [3.05, 3.63) is 36.7 Å². The molecule has 2 fully saturated rings. The van der Waals surface area contributed by atoms with Crippen LogP contribution < -0.4 is 4.90 Å². The number of hydrogen-bond donors (Lipinski definition) is 0. The molecule has 2 amide bonds. The molecule has 0 bridgehead atoms. The summed E-state index contributed by atoms with van der Waals surface area (Å²) in [5, 5.41) is 4.07. The third kappa shape index (κ3) is 2.57. The molecule has 1 atom stereocenters. The van der Waals surface area contributed by atoms with Crippen molar-refractivity contribution in [3.8, 4) is 0 Å². The molecular weight excluding hydrogens is 320 g/mol. The van der Waals surface area contributed by atoms with Crippen LogP contribution in [0.15, 0.2) is 31.0 Å². The van der Waals surface area contributed by atoms with Gasteiger partial charge in [-0.25, -0.2) is 9.97 Å². The Hall–Kier alpha value is -2.77. The Kier molecular flexibility index (Phi) is 3.74. The molecular formula is C17H20N6O2. The highest BCUT2D eigenvalue weighted by atomic mass is 16.2. The van der Waals surface area contributed by atoms with Crippen molar-refractivity contribution in [2.24, 2.45) is 12.5 Å². The van der Waals surface area contributed by atoms with E-state index in [-0.39, 0.29) is 11.8 Å². The van der Waals surface area contributed by atoms with Gasteiger partial charge in [-0.05, 0) is 25.3 Å². The average Bonchev–Trinajstić information content (AvgIpc) is 3.20. The molecule has 0 aromatic carbocycles. The van der Waals surface area contributed by atoms with E-state index in [0.717, 1.165) is 24.9 Å². The number of piperidine rings is 1. The van der Waals surface area contributed by atoms with Crippen LogP contribution in [0.3, 0.4) is 0 Å². The molecule has 25 heavy (non-hydrogen) atoms. The summed E-state index contributed by atoms with van der Waals surface area (Å²) >= 11 is 0. The van der Waals surface area contributed by atoms with E-state index in [2.05, 4.69) is 15.1 Å². The highest BCUT2D eigenvalue weighted by Gasteiger charge is 2.50. The number of likely N-dealkylation sites (tertiary alicyclic amines) is 1. The van der Waals surface area contributed by atoms with Crippen LogP contribution >= 0.6 is 0 Å². The Morgan fingerprint density at radius 3 is 2.72 bits per heavy atom. The van der Waals surface area contributed by atoms with Gasteiger partial charge in [0.1, 0.15) is 12.0 Å². The number of aryl methyl sites for hydroxylation is 1. The van der Waals surface area contributed by atoms with E-state index >= 15 is 0 Å². The van der Waals surface area contributed by atoms with Gasteiger partial charge in [0.25, 0.3) is 5.91 Å². The minimum atomic E-state index is -0.498. The maximum atomic E-state index is 13.1. The maximum absolute atomic E-state index is 13.1. The fourth-order valence-electron chi connectivity index (χ4n) is 3.93. The number of aromatic nitrogens is 4. The summed E-state index contributed by atoms with van der Waals surface area (Å²) < 4.78 is 1.58. The Balaban J connectivity index is 1.56. The summed E-state index contributed by atoms with van der Waals surface area (Å²) in [5.74, 6) is 0.0122. The van der Waals surface area contributed by atoms with Crippen molar-refractivity contribution in [2.45, 2.75) is 19.3 Å². The van der Waals surface area contributed by atoms with Crippen molar-refractivity contribution in [3.63, 3.8) is 0 Å². The molecule has 1 unspecified atom stereocenters. The van der Waals surface area contributed by atoms with E-state index in [1.807, 2.05) is 0 Å². The summed E-state index contributed by atoms with van der Waals surface area (Å²) in [7, 11) is 1.75. The molecule has 1 spiro atoms. The lowest BCUT2D eigenvalue weighted by Gasteiger charge is -2.38. The fraction of sp³-hybridized carbons (Fsp3) is 0.471. The quantitative estimate of drug-likeness (QED) is 0.810. The first kappa shape index (κ1) is 15.7. The second-order valence-corrected chi connectivity index (χ2v) is 6.75. The summed E-state index contributed by atoms with van der Waals surface area (Å²) in [6.45, 7) is 1.77. The second-order valence-electron chi connectivity index (χ2n) is 6.75. The molecule has 0 saturated carbocycles. The third-order valence-corrected chi connectivity index (χ3v) is 5.28. The van der Waals surface area contributed by atoms with Crippen LogP contribution in [0.2, 0.25) is 0 Å². The van der Waals surface area contributed by atoms with E-state index < -0.39 is 5.41 Å². The monoisotopic (exact) mass is 340 g/mol. The van der Waals surface area contributed by atoms with Crippen molar-refractivity contribution in [1.82, 2.24) is 24.6 Å². The van der Waals surface area contributed by atoms with Gasteiger partial charge in [-0.3, -0.25) is 14.3 Å². The highest BCUT2D eigenvalue weighted by molar-refractivity contribution is 6.00. The summed E-state index contributed by atoms with van der Waals surface area (Å²) in [4.78, 5) is 37.5. The molecule has 130 valence electrons. The van der Waals surface area contributed by atoms with Gasteiger partial charge in [0.05, 0.1) is 23.5 Å². The lowest BCUT2D eigenvalue weighted by Crippen LogP contribution is -2.50. The van der Waals surface area contributed by atoms with Crippen LogP contribution in [-0.4, -0.2) is 56.1 Å². The van der Waals surface area contributed by atoms with Gasteiger partial charge < -0.3 is 9.80 Å². The zero-order valence-electron chi connectivity index (χ0n) is 14.1. The molecule has 0 radical (unpaired) electrons. The summed E-state index contributed by atoms with van der Waals surface area (Å²) in [6.07, 6.45) is 8.77. The molecule has 8 heteroatoms. The maximum Gasteiger partial charge on any atom is 0.272 e. The third-order valence-electron chi connectivity index (χ3n) is 5.28. The van der Waals surface area contributed by atoms with Gasteiger partial charge in [-0.1, -0.05) is 0 Å². The standard InChI is InChI=1S/C17H20N6O2/c1-21-14(3-6-20-21)15(24)22-7-2-4-17(11-22)5-8-23(16(17)25)13-9-18-12-19-10-13/h3,6,9-10,12H,2,4-5,7-8,11H2,1H3. The zero-order valence-corrected chi connectivity index (χ0v) is 14.1. The Labute approximate surface area is 145 Å². The molecule has 0 N–H and O–H groups in total. The molecule has 2 aromatic heterocycles. The lowest BCUT2D eigenvalue weighted by atomic mass is 9.78. The van der Waals surface area contributed by atoms with Crippen molar-refractivity contribution in [1.29, 1.82) is 0 Å². The molecule has 4 rings (SSSR count). The Bertz CT molecular complexity index is 804. The predicted octanol–water partition coefficient (Wildman–Crippen LogP) is 0.869. The van der Waals surface area contributed by atoms with Gasteiger partial charge in [0.15, 0.2) is 0 Å². The number of anilines is 1. The Morgan fingerprint density at radius 2 is 2.00 bits per heavy atom. The van der Waals surface area contributed by atoms with E-state index in [0.29, 0.717) is 25.3 Å². The number of carbonyl (C=O) groups excluding carboxylic acids is 2. The van der Waals surface area contributed by atoms with Crippen molar-refractivity contribution < 1.29 is 9.59 Å². The first-order valence-electron chi connectivity index (χ1n) is 8.45. The SMILES string of the molecule is Cn1nccc1C(=O)N1CCCC2(CCN(c3cncnc3)C2=O)C1. The number of rotatable bonds is 2. The molecule has 2 saturated heterocycles. The van der Waals surface area contributed by atoms with E-state index in [1.54, 1.807) is 46.2 Å². The van der Waals surface area contributed by atoms with Crippen LogP contribution in [0, 0.1) is 5.41 Å². The van der Waals surface area contributed by atoms with Crippen LogP contribution in [0.5, 0.6) is 0 Å². The highest BCUT2D eigenvalue weighted by Crippen LogP contribution is 2.41. The topological polar surface area (TPSA) is 84.2 Å². The molecule has 4 heterocycles. The second kappa shape index (κ2) is 5.94. The smallest absolute Gasteiger partial charge is 0.272 e. The fourth-order valence-corrected chi connectivity index (χ4v) is 3.93. The van der Waals surface area contributed by atoms with Gasteiger partial charge in [0, 0.05) is 32.9 Å². The normalized spacial score (nSPS) is 23.5. The van der Waals surface area contributed by atoms with Crippen molar-refractivity contribution in [2.75, 3.05) is 24.5 Å². The first-order chi connectivity index (χ1) is 12.1. The number of hydrogen-bond acceptors (Lipinski definition) is 5. The minimum absolute atomic E-state index is 0.0617. The van der Waals surface area contributed by atoms with Gasteiger partial charge in [-0.2, -0.15) is 5.10 Å². The predicted molar refractivity (Wildman–Crippen MR) is 89.8 cm³/mol. The average molecular weight is 340 g/mol.